The number of hydrogen-bond acceptors (Lipinski definition) is 3. The van der Waals surface area contributed by atoms with Crippen molar-refractivity contribution in [3.8, 4) is 0 Å². The van der Waals surface area contributed by atoms with Crippen LogP contribution in [-0.4, -0.2) is 19.6 Å². The molecule has 2 N–H and O–H groups in total. The molecule has 0 saturated carbocycles. The molecule has 0 saturated heterocycles. The van der Waals surface area contributed by atoms with E-state index < -0.39 is 0 Å². The van der Waals surface area contributed by atoms with Crippen molar-refractivity contribution in [3.05, 3.63) is 53.1 Å². The fourth-order valence-electron chi connectivity index (χ4n) is 2.34. The van der Waals surface area contributed by atoms with Crippen LogP contribution in [0.15, 0.2) is 42.5 Å². The summed E-state index contributed by atoms with van der Waals surface area (Å²) in [4.78, 5) is 8.93. The lowest BCUT2D eigenvalue weighted by Gasteiger charge is -2.06. The number of imidazole rings is 1. The number of para-hydroxylation sites is 2. The maximum atomic E-state index is 6.03. The van der Waals surface area contributed by atoms with E-state index in [-0.39, 0.29) is 0 Å². The smallest absolute Gasteiger partial charge is 0.253 e. The van der Waals surface area contributed by atoms with Gasteiger partial charge in [-0.05, 0) is 36.8 Å². The molecular formula is C15H12ClN5. The minimum Gasteiger partial charge on any atom is -0.324 e. The van der Waals surface area contributed by atoms with Crippen LogP contribution in [0.5, 0.6) is 0 Å². The molecule has 0 aliphatic carbocycles. The number of halogens is 1. The molecule has 0 aliphatic rings. The molecular weight excluding hydrogens is 286 g/mol. The average molecular weight is 298 g/mol. The Kier molecular flexibility index (Phi) is 2.62. The Hall–Kier alpha value is -2.53. The number of nitrogens with zero attached hydrogens (tertiary/aromatic N) is 3. The van der Waals surface area contributed by atoms with Crippen molar-refractivity contribution in [1.29, 1.82) is 0 Å². The van der Waals surface area contributed by atoms with Gasteiger partial charge in [-0.15, -0.1) is 0 Å². The molecule has 0 amide bonds. The first-order valence-electron chi connectivity index (χ1n) is 6.57. The van der Waals surface area contributed by atoms with Crippen LogP contribution in [0.2, 0.25) is 5.02 Å². The molecule has 0 spiro atoms. The van der Waals surface area contributed by atoms with Crippen molar-refractivity contribution < 1.29 is 0 Å². The number of benzene rings is 2. The molecule has 0 aliphatic heterocycles. The number of anilines is 2. The zero-order valence-corrected chi connectivity index (χ0v) is 12.0. The van der Waals surface area contributed by atoms with Gasteiger partial charge >= 0.3 is 0 Å². The van der Waals surface area contributed by atoms with Crippen molar-refractivity contribution >= 4 is 40.0 Å². The van der Waals surface area contributed by atoms with Gasteiger partial charge in [0.05, 0.1) is 11.0 Å². The number of rotatable bonds is 2. The van der Waals surface area contributed by atoms with Crippen LogP contribution < -0.4 is 5.32 Å². The molecule has 0 atom stereocenters. The van der Waals surface area contributed by atoms with Crippen molar-refractivity contribution in [1.82, 2.24) is 19.6 Å². The molecule has 0 bridgehead atoms. The number of fused-ring (bicyclic) bond motifs is 3. The lowest BCUT2D eigenvalue weighted by atomic mass is 10.2. The monoisotopic (exact) mass is 297 g/mol. The topological polar surface area (TPSA) is 58.0 Å². The quantitative estimate of drug-likeness (QED) is 0.589. The highest BCUT2D eigenvalue weighted by Gasteiger charge is 2.09. The Morgan fingerprint density at radius 1 is 1.14 bits per heavy atom. The highest BCUT2D eigenvalue weighted by molar-refractivity contribution is 6.30. The lowest BCUT2D eigenvalue weighted by molar-refractivity contribution is 1.01. The van der Waals surface area contributed by atoms with Crippen LogP contribution in [0.25, 0.3) is 16.8 Å². The van der Waals surface area contributed by atoms with Crippen LogP contribution in [0.1, 0.15) is 5.56 Å². The first kappa shape index (κ1) is 12.2. The Morgan fingerprint density at radius 2 is 2.00 bits per heavy atom. The summed E-state index contributed by atoms with van der Waals surface area (Å²) in [6.07, 6.45) is 0. The molecule has 2 aromatic carbocycles. The van der Waals surface area contributed by atoms with E-state index in [1.165, 1.54) is 0 Å². The average Bonchev–Trinajstić information content (AvgIpc) is 3.00. The highest BCUT2D eigenvalue weighted by Crippen LogP contribution is 2.23. The third kappa shape index (κ3) is 2.02. The third-order valence-electron chi connectivity index (χ3n) is 3.43. The summed E-state index contributed by atoms with van der Waals surface area (Å²) < 4.78 is 1.86. The van der Waals surface area contributed by atoms with E-state index in [1.807, 2.05) is 53.9 Å². The van der Waals surface area contributed by atoms with E-state index in [0.717, 1.165) is 22.3 Å². The second-order valence-electron chi connectivity index (χ2n) is 4.89. The SMILES string of the molecule is Cc1ccc(Cl)cc1Nc1nc2nc3ccccc3n2[nH]1. The van der Waals surface area contributed by atoms with E-state index in [4.69, 9.17) is 11.6 Å². The molecule has 4 rings (SSSR count). The Bertz CT molecular complexity index is 953. The summed E-state index contributed by atoms with van der Waals surface area (Å²) in [6, 6.07) is 13.6. The number of aromatic amines is 1. The summed E-state index contributed by atoms with van der Waals surface area (Å²) in [5.41, 5.74) is 3.93. The number of H-pyrrole nitrogens is 1. The molecule has 21 heavy (non-hydrogen) atoms. The third-order valence-corrected chi connectivity index (χ3v) is 3.66. The number of aryl methyl sites for hydroxylation is 1. The summed E-state index contributed by atoms with van der Waals surface area (Å²) >= 11 is 6.03. The van der Waals surface area contributed by atoms with Crippen molar-refractivity contribution in [3.63, 3.8) is 0 Å². The largest absolute Gasteiger partial charge is 0.324 e. The second-order valence-corrected chi connectivity index (χ2v) is 5.33. The fourth-order valence-corrected chi connectivity index (χ4v) is 2.51. The lowest BCUT2D eigenvalue weighted by Crippen LogP contribution is -1.95. The predicted octanol–water partition coefficient (Wildman–Crippen LogP) is 3.92. The minimum absolute atomic E-state index is 0.633. The first-order chi connectivity index (χ1) is 10.2. The predicted molar refractivity (Wildman–Crippen MR) is 84.3 cm³/mol. The molecule has 2 aromatic heterocycles. The molecule has 0 radical (unpaired) electrons. The van der Waals surface area contributed by atoms with Crippen LogP contribution >= 0.6 is 11.6 Å². The molecule has 0 unspecified atom stereocenters. The number of aromatic nitrogens is 4. The van der Waals surface area contributed by atoms with Gasteiger partial charge in [0.2, 0.25) is 5.95 Å². The molecule has 4 aromatic rings. The van der Waals surface area contributed by atoms with Crippen LogP contribution in [-0.2, 0) is 0 Å². The van der Waals surface area contributed by atoms with Gasteiger partial charge in [0, 0.05) is 10.7 Å². The Balaban J connectivity index is 1.79. The van der Waals surface area contributed by atoms with E-state index in [0.29, 0.717) is 16.7 Å². The maximum absolute atomic E-state index is 6.03. The summed E-state index contributed by atoms with van der Waals surface area (Å²) in [5.74, 6) is 1.27. The van der Waals surface area contributed by atoms with Crippen LogP contribution in [0.3, 0.4) is 0 Å². The molecule has 2 heterocycles. The molecule has 104 valence electrons. The van der Waals surface area contributed by atoms with Gasteiger partial charge in [-0.25, -0.2) is 9.50 Å². The van der Waals surface area contributed by atoms with Crippen molar-refractivity contribution in [2.75, 3.05) is 5.32 Å². The van der Waals surface area contributed by atoms with Gasteiger partial charge < -0.3 is 5.32 Å². The fraction of sp³-hybridized carbons (Fsp3) is 0.0667. The van der Waals surface area contributed by atoms with Gasteiger partial charge in [0.25, 0.3) is 5.78 Å². The molecule has 5 nitrogen and oxygen atoms in total. The zero-order valence-electron chi connectivity index (χ0n) is 11.3. The number of hydrogen-bond donors (Lipinski definition) is 2. The van der Waals surface area contributed by atoms with Crippen LogP contribution in [0.4, 0.5) is 11.6 Å². The summed E-state index contributed by atoms with van der Waals surface area (Å²) in [7, 11) is 0. The van der Waals surface area contributed by atoms with Gasteiger partial charge in [0.15, 0.2) is 0 Å². The normalized spacial score (nSPS) is 11.3. The molecule has 6 heteroatoms. The van der Waals surface area contributed by atoms with E-state index in [9.17, 15) is 0 Å². The van der Waals surface area contributed by atoms with Crippen molar-refractivity contribution in [2.24, 2.45) is 0 Å². The standard InChI is InChI=1S/C15H12ClN5/c1-9-6-7-10(16)8-12(9)17-14-19-15-18-11-4-2-3-5-13(11)21(15)20-14/h2-8H,1H3,(H2,17,18,19,20). The Morgan fingerprint density at radius 3 is 2.90 bits per heavy atom. The van der Waals surface area contributed by atoms with Crippen molar-refractivity contribution in [2.45, 2.75) is 6.92 Å². The van der Waals surface area contributed by atoms with Gasteiger partial charge in [-0.3, -0.25) is 5.10 Å². The van der Waals surface area contributed by atoms with Crippen LogP contribution in [0, 0.1) is 6.92 Å². The second kappa shape index (κ2) is 4.49. The summed E-state index contributed by atoms with van der Waals surface area (Å²) in [5, 5.41) is 7.13. The summed E-state index contributed by atoms with van der Waals surface area (Å²) in [6.45, 7) is 2.02. The van der Waals surface area contributed by atoms with E-state index >= 15 is 0 Å². The van der Waals surface area contributed by atoms with E-state index in [2.05, 4.69) is 20.4 Å². The zero-order chi connectivity index (χ0) is 14.4. The highest BCUT2D eigenvalue weighted by atomic mass is 35.5. The van der Waals surface area contributed by atoms with Gasteiger partial charge in [-0.1, -0.05) is 29.8 Å². The van der Waals surface area contributed by atoms with E-state index in [1.54, 1.807) is 0 Å². The van der Waals surface area contributed by atoms with Gasteiger partial charge in [0.1, 0.15) is 0 Å². The van der Waals surface area contributed by atoms with Gasteiger partial charge in [-0.2, -0.15) is 4.98 Å². The maximum Gasteiger partial charge on any atom is 0.253 e. The Labute approximate surface area is 125 Å². The number of nitrogens with one attached hydrogen (secondary N) is 2. The first-order valence-corrected chi connectivity index (χ1v) is 6.95. The minimum atomic E-state index is 0.633. The molecule has 0 fully saturated rings.